The minimum atomic E-state index is -1.40. The van der Waals surface area contributed by atoms with Gasteiger partial charge in [0.25, 0.3) is 0 Å². The minimum Gasteiger partial charge on any atom is -0.114 e. The van der Waals surface area contributed by atoms with Crippen LogP contribution in [-0.4, -0.2) is 6.66 Å². The van der Waals surface area contributed by atoms with E-state index in [0.29, 0.717) is 0 Å². The van der Waals surface area contributed by atoms with Crippen LogP contribution < -0.4 is 10.6 Å². The van der Waals surface area contributed by atoms with Crippen LogP contribution in [0.4, 0.5) is 0 Å². The fourth-order valence-electron chi connectivity index (χ4n) is 2.79. The van der Waals surface area contributed by atoms with Gasteiger partial charge in [0.2, 0.25) is 0 Å². The number of hydrogen-bond acceptors (Lipinski definition) is 0. The normalized spacial score (nSPS) is 10.8. The SMILES string of the molecule is Br.C[P+](Cc1ccccc1)(c1ccccc1)c1ccccc1. The van der Waals surface area contributed by atoms with E-state index in [1.807, 2.05) is 0 Å². The van der Waals surface area contributed by atoms with E-state index in [0.717, 1.165) is 6.16 Å². The van der Waals surface area contributed by atoms with Crippen molar-refractivity contribution in [2.24, 2.45) is 0 Å². The molecule has 0 aliphatic heterocycles. The highest BCUT2D eigenvalue weighted by atomic mass is 79.9. The molecule has 0 amide bonds. The van der Waals surface area contributed by atoms with Gasteiger partial charge in [-0.25, -0.2) is 0 Å². The Hall–Kier alpha value is -1.43. The Balaban J connectivity index is 0.00000176. The zero-order valence-corrected chi connectivity index (χ0v) is 15.3. The van der Waals surface area contributed by atoms with E-state index in [1.54, 1.807) is 0 Å². The summed E-state index contributed by atoms with van der Waals surface area (Å²) >= 11 is 0. The van der Waals surface area contributed by atoms with Crippen LogP contribution in [0.2, 0.25) is 0 Å². The third kappa shape index (κ3) is 3.66. The van der Waals surface area contributed by atoms with Gasteiger partial charge in [-0.1, -0.05) is 66.7 Å². The lowest BCUT2D eigenvalue weighted by Crippen LogP contribution is -2.22. The molecule has 0 saturated heterocycles. The van der Waals surface area contributed by atoms with Gasteiger partial charge in [-0.15, -0.1) is 17.0 Å². The van der Waals surface area contributed by atoms with E-state index in [1.165, 1.54) is 16.2 Å². The molecule has 0 aliphatic rings. The molecule has 0 atom stereocenters. The molecule has 0 aliphatic carbocycles. The Bertz CT molecular complexity index is 641. The van der Waals surface area contributed by atoms with E-state index in [2.05, 4.69) is 97.7 Å². The van der Waals surface area contributed by atoms with Crippen LogP contribution in [0.1, 0.15) is 5.56 Å². The molecule has 2 heteroatoms. The van der Waals surface area contributed by atoms with Gasteiger partial charge in [0, 0.05) is 0 Å². The summed E-state index contributed by atoms with van der Waals surface area (Å²) in [5.41, 5.74) is 1.42. The standard InChI is InChI=1S/C20H20P.BrH/c1-21(19-13-7-3-8-14-19,20-15-9-4-10-16-20)17-18-11-5-2-6-12-18;/h2-16H,17H2,1H3;1H/q+1;. The molecule has 0 unspecified atom stereocenters. The first-order chi connectivity index (χ1) is 10.3. The van der Waals surface area contributed by atoms with E-state index < -0.39 is 7.26 Å². The highest BCUT2D eigenvalue weighted by Crippen LogP contribution is 2.55. The summed E-state index contributed by atoms with van der Waals surface area (Å²) in [4.78, 5) is 0. The Labute approximate surface area is 144 Å². The van der Waals surface area contributed by atoms with Gasteiger partial charge in [-0.2, -0.15) is 0 Å². The topological polar surface area (TPSA) is 0 Å². The third-order valence-electron chi connectivity index (χ3n) is 3.99. The van der Waals surface area contributed by atoms with Gasteiger partial charge in [-0.3, -0.25) is 0 Å². The molecule has 0 aromatic heterocycles. The first-order valence-electron chi connectivity index (χ1n) is 7.30. The van der Waals surface area contributed by atoms with E-state index in [-0.39, 0.29) is 17.0 Å². The van der Waals surface area contributed by atoms with E-state index in [4.69, 9.17) is 0 Å². The second kappa shape index (κ2) is 7.72. The Morgan fingerprint density at radius 1 is 0.591 bits per heavy atom. The van der Waals surface area contributed by atoms with Gasteiger partial charge in [0.15, 0.2) is 0 Å². The summed E-state index contributed by atoms with van der Waals surface area (Å²) in [6.07, 6.45) is 1.11. The summed E-state index contributed by atoms with van der Waals surface area (Å²) in [6.45, 7) is 2.45. The van der Waals surface area contributed by atoms with Gasteiger partial charge >= 0.3 is 0 Å². The molecular formula is C20H21BrP+. The smallest absolute Gasteiger partial charge is 0.0992 e. The predicted molar refractivity (Wildman–Crippen MR) is 105 cm³/mol. The quantitative estimate of drug-likeness (QED) is 0.562. The van der Waals surface area contributed by atoms with Crippen LogP contribution in [0.3, 0.4) is 0 Å². The zero-order valence-electron chi connectivity index (χ0n) is 12.7. The van der Waals surface area contributed by atoms with Crippen LogP contribution in [-0.2, 0) is 6.16 Å². The Morgan fingerprint density at radius 2 is 0.955 bits per heavy atom. The molecule has 0 spiro atoms. The molecule has 3 aromatic rings. The molecule has 0 fully saturated rings. The molecule has 3 rings (SSSR count). The molecule has 22 heavy (non-hydrogen) atoms. The van der Waals surface area contributed by atoms with Crippen LogP contribution >= 0.6 is 24.2 Å². The van der Waals surface area contributed by atoms with E-state index >= 15 is 0 Å². The first-order valence-corrected chi connectivity index (χ1v) is 9.72. The fourth-order valence-corrected chi connectivity index (χ4v) is 6.06. The van der Waals surface area contributed by atoms with Crippen molar-refractivity contribution in [1.82, 2.24) is 0 Å². The van der Waals surface area contributed by atoms with Gasteiger partial charge in [0.1, 0.15) is 0 Å². The molecular weight excluding hydrogens is 351 g/mol. The molecule has 0 N–H and O–H groups in total. The highest BCUT2D eigenvalue weighted by Gasteiger charge is 2.37. The zero-order chi connectivity index (χ0) is 14.5. The molecule has 0 heterocycles. The number of hydrogen-bond donors (Lipinski definition) is 0. The van der Waals surface area contributed by atoms with Crippen LogP contribution in [0.15, 0.2) is 91.0 Å². The van der Waals surface area contributed by atoms with Crippen LogP contribution in [0.5, 0.6) is 0 Å². The van der Waals surface area contributed by atoms with Crippen molar-refractivity contribution in [2.45, 2.75) is 6.16 Å². The lowest BCUT2D eigenvalue weighted by molar-refractivity contribution is 1.39. The summed E-state index contributed by atoms with van der Waals surface area (Å²) in [7, 11) is -1.40. The van der Waals surface area contributed by atoms with Crippen molar-refractivity contribution >= 4 is 34.9 Å². The maximum absolute atomic E-state index is 2.45. The van der Waals surface area contributed by atoms with Crippen molar-refractivity contribution < 1.29 is 0 Å². The van der Waals surface area contributed by atoms with Crippen molar-refractivity contribution in [3.05, 3.63) is 96.6 Å². The molecule has 0 saturated carbocycles. The first kappa shape index (κ1) is 16.9. The summed E-state index contributed by atoms with van der Waals surface area (Å²) in [6, 6.07) is 32.8. The molecule has 0 radical (unpaired) electrons. The van der Waals surface area contributed by atoms with E-state index in [9.17, 15) is 0 Å². The predicted octanol–water partition coefficient (Wildman–Crippen LogP) is 5.06. The van der Waals surface area contributed by atoms with Crippen molar-refractivity contribution in [1.29, 1.82) is 0 Å². The second-order valence-electron chi connectivity index (χ2n) is 5.51. The van der Waals surface area contributed by atoms with Gasteiger partial charge in [-0.05, 0) is 29.8 Å². The lowest BCUT2D eigenvalue weighted by atomic mass is 10.2. The molecule has 3 aromatic carbocycles. The van der Waals surface area contributed by atoms with Crippen molar-refractivity contribution in [3.63, 3.8) is 0 Å². The summed E-state index contributed by atoms with van der Waals surface area (Å²) < 4.78 is 0. The number of rotatable bonds is 4. The van der Waals surface area contributed by atoms with Crippen molar-refractivity contribution in [2.75, 3.05) is 6.66 Å². The van der Waals surface area contributed by atoms with Gasteiger partial charge in [0.05, 0.1) is 30.7 Å². The minimum absolute atomic E-state index is 0. The third-order valence-corrected chi connectivity index (χ3v) is 7.87. The second-order valence-corrected chi connectivity index (χ2v) is 9.24. The highest BCUT2D eigenvalue weighted by molar-refractivity contribution is 8.93. The molecule has 0 nitrogen and oxygen atoms in total. The summed E-state index contributed by atoms with van der Waals surface area (Å²) in [5.74, 6) is 0. The molecule has 0 bridgehead atoms. The molecule has 112 valence electrons. The van der Waals surface area contributed by atoms with Gasteiger partial charge < -0.3 is 0 Å². The number of benzene rings is 3. The average Bonchev–Trinajstić information content (AvgIpc) is 2.57. The Kier molecular flexibility index (Phi) is 5.94. The monoisotopic (exact) mass is 371 g/mol. The van der Waals surface area contributed by atoms with Crippen LogP contribution in [0, 0.1) is 0 Å². The largest absolute Gasteiger partial charge is 0.114 e. The summed E-state index contributed by atoms with van der Waals surface area (Å²) in [5, 5.41) is 2.94. The maximum Gasteiger partial charge on any atom is 0.0992 e. The average molecular weight is 372 g/mol. The van der Waals surface area contributed by atoms with Crippen LogP contribution in [0.25, 0.3) is 0 Å². The lowest BCUT2D eigenvalue weighted by Gasteiger charge is -2.23. The fraction of sp³-hybridized carbons (Fsp3) is 0.100. The maximum atomic E-state index is 2.45. The number of halogens is 1. The van der Waals surface area contributed by atoms with Crippen molar-refractivity contribution in [3.8, 4) is 0 Å². The Morgan fingerprint density at radius 3 is 1.36 bits per heavy atom.